The van der Waals surface area contributed by atoms with Gasteiger partial charge in [0.2, 0.25) is 0 Å². The van der Waals surface area contributed by atoms with Crippen molar-refractivity contribution < 1.29 is 0 Å². The standard InChI is InChI=1S/C9H8BrN/c1-6-4-7-2-3-8(10)5-9(7)11-6/h2-3,5,11H,1,4H2. The van der Waals surface area contributed by atoms with Crippen molar-refractivity contribution >= 4 is 21.6 Å². The molecule has 2 heteroatoms. The highest BCUT2D eigenvalue weighted by Crippen LogP contribution is 2.29. The summed E-state index contributed by atoms with van der Waals surface area (Å²) in [5.74, 6) is 0. The van der Waals surface area contributed by atoms with Crippen LogP contribution in [-0.4, -0.2) is 0 Å². The molecule has 1 aliphatic heterocycles. The van der Waals surface area contributed by atoms with E-state index in [9.17, 15) is 0 Å². The third-order valence-electron chi connectivity index (χ3n) is 1.79. The first kappa shape index (κ1) is 6.92. The maximum absolute atomic E-state index is 3.87. The fraction of sp³-hybridized carbons (Fsp3) is 0.111. The Morgan fingerprint density at radius 3 is 3.09 bits per heavy atom. The van der Waals surface area contributed by atoms with Crippen LogP contribution in [0.1, 0.15) is 5.56 Å². The largest absolute Gasteiger partial charge is 0.359 e. The minimum absolute atomic E-state index is 0.961. The Kier molecular flexibility index (Phi) is 1.50. The van der Waals surface area contributed by atoms with E-state index in [1.54, 1.807) is 0 Å². The summed E-state index contributed by atoms with van der Waals surface area (Å²) in [6, 6.07) is 6.25. The summed E-state index contributed by atoms with van der Waals surface area (Å²) in [6.45, 7) is 3.87. The summed E-state index contributed by atoms with van der Waals surface area (Å²) in [5.41, 5.74) is 3.60. The molecule has 56 valence electrons. The summed E-state index contributed by atoms with van der Waals surface area (Å²) in [6.07, 6.45) is 0.961. The van der Waals surface area contributed by atoms with E-state index < -0.39 is 0 Å². The first-order chi connectivity index (χ1) is 5.25. The van der Waals surface area contributed by atoms with Gasteiger partial charge in [0, 0.05) is 22.3 Å². The van der Waals surface area contributed by atoms with Crippen LogP contribution >= 0.6 is 15.9 Å². The quantitative estimate of drug-likeness (QED) is 0.694. The van der Waals surface area contributed by atoms with Crippen molar-refractivity contribution in [1.29, 1.82) is 0 Å². The van der Waals surface area contributed by atoms with Gasteiger partial charge in [0.25, 0.3) is 0 Å². The van der Waals surface area contributed by atoms with Crippen LogP contribution in [0.15, 0.2) is 34.9 Å². The van der Waals surface area contributed by atoms with Gasteiger partial charge in [0.15, 0.2) is 0 Å². The summed E-state index contributed by atoms with van der Waals surface area (Å²) < 4.78 is 1.11. The van der Waals surface area contributed by atoms with Gasteiger partial charge < -0.3 is 5.32 Å². The number of allylic oxidation sites excluding steroid dienone is 1. The molecule has 1 heterocycles. The van der Waals surface area contributed by atoms with Gasteiger partial charge >= 0.3 is 0 Å². The molecule has 2 rings (SSSR count). The highest BCUT2D eigenvalue weighted by molar-refractivity contribution is 9.10. The topological polar surface area (TPSA) is 12.0 Å². The summed E-state index contributed by atoms with van der Waals surface area (Å²) in [5, 5.41) is 3.21. The second-order valence-corrected chi connectivity index (χ2v) is 3.62. The lowest BCUT2D eigenvalue weighted by Crippen LogP contribution is -1.87. The summed E-state index contributed by atoms with van der Waals surface area (Å²) >= 11 is 3.42. The molecule has 1 aromatic carbocycles. The Morgan fingerprint density at radius 2 is 2.27 bits per heavy atom. The predicted octanol–water partition coefficient (Wildman–Crippen LogP) is 2.93. The molecule has 1 aliphatic rings. The van der Waals surface area contributed by atoms with Crippen LogP contribution in [0.3, 0.4) is 0 Å². The molecule has 0 amide bonds. The highest BCUT2D eigenvalue weighted by atomic mass is 79.9. The second-order valence-electron chi connectivity index (χ2n) is 2.71. The van der Waals surface area contributed by atoms with E-state index in [1.807, 2.05) is 0 Å². The fourth-order valence-corrected chi connectivity index (χ4v) is 1.64. The zero-order valence-electron chi connectivity index (χ0n) is 6.02. The molecular weight excluding hydrogens is 202 g/mol. The average molecular weight is 210 g/mol. The Balaban J connectivity index is 2.51. The number of anilines is 1. The summed E-state index contributed by atoms with van der Waals surface area (Å²) in [7, 11) is 0. The van der Waals surface area contributed by atoms with E-state index in [4.69, 9.17) is 0 Å². The maximum atomic E-state index is 3.87. The van der Waals surface area contributed by atoms with Gasteiger partial charge in [-0.3, -0.25) is 0 Å². The van der Waals surface area contributed by atoms with Crippen molar-refractivity contribution in [3.05, 3.63) is 40.5 Å². The van der Waals surface area contributed by atoms with E-state index in [0.29, 0.717) is 0 Å². The molecule has 0 unspecified atom stereocenters. The zero-order chi connectivity index (χ0) is 7.84. The van der Waals surface area contributed by atoms with Gasteiger partial charge in [0.1, 0.15) is 0 Å². The zero-order valence-corrected chi connectivity index (χ0v) is 7.61. The third kappa shape index (κ3) is 1.18. The third-order valence-corrected chi connectivity index (χ3v) is 2.28. The molecule has 11 heavy (non-hydrogen) atoms. The Hall–Kier alpha value is -0.760. The lowest BCUT2D eigenvalue weighted by Gasteiger charge is -1.98. The minimum atomic E-state index is 0.961. The lowest BCUT2D eigenvalue weighted by molar-refractivity contribution is 1.26. The molecule has 0 fully saturated rings. The Morgan fingerprint density at radius 1 is 1.45 bits per heavy atom. The monoisotopic (exact) mass is 209 g/mol. The van der Waals surface area contributed by atoms with Crippen molar-refractivity contribution in [2.75, 3.05) is 5.32 Å². The van der Waals surface area contributed by atoms with Crippen LogP contribution in [0.4, 0.5) is 5.69 Å². The van der Waals surface area contributed by atoms with Gasteiger partial charge in [0.05, 0.1) is 0 Å². The van der Waals surface area contributed by atoms with Gasteiger partial charge in [-0.1, -0.05) is 28.6 Å². The SMILES string of the molecule is C=C1Cc2ccc(Br)cc2N1. The lowest BCUT2D eigenvalue weighted by atomic mass is 10.2. The molecule has 0 atom stereocenters. The number of hydrogen-bond donors (Lipinski definition) is 1. The first-order valence-corrected chi connectivity index (χ1v) is 4.28. The van der Waals surface area contributed by atoms with Crippen LogP contribution < -0.4 is 5.32 Å². The van der Waals surface area contributed by atoms with Crippen LogP contribution in [0, 0.1) is 0 Å². The number of nitrogens with one attached hydrogen (secondary N) is 1. The molecule has 0 aliphatic carbocycles. The highest BCUT2D eigenvalue weighted by Gasteiger charge is 2.11. The van der Waals surface area contributed by atoms with Crippen molar-refractivity contribution in [1.82, 2.24) is 0 Å². The molecule has 1 N–H and O–H groups in total. The molecule has 1 aromatic rings. The smallest absolute Gasteiger partial charge is 0.0429 e. The molecule has 0 spiro atoms. The van der Waals surface area contributed by atoms with Crippen molar-refractivity contribution in [2.45, 2.75) is 6.42 Å². The molecule has 0 aromatic heterocycles. The number of fused-ring (bicyclic) bond motifs is 1. The molecule has 0 saturated heterocycles. The summed E-state index contributed by atoms with van der Waals surface area (Å²) in [4.78, 5) is 0. The average Bonchev–Trinajstić information content (AvgIpc) is 2.27. The molecule has 0 radical (unpaired) electrons. The van der Waals surface area contributed by atoms with Crippen LogP contribution in [-0.2, 0) is 6.42 Å². The number of hydrogen-bond acceptors (Lipinski definition) is 1. The predicted molar refractivity (Wildman–Crippen MR) is 50.6 cm³/mol. The van der Waals surface area contributed by atoms with Crippen LogP contribution in [0.2, 0.25) is 0 Å². The van der Waals surface area contributed by atoms with Crippen molar-refractivity contribution in [3.8, 4) is 0 Å². The van der Waals surface area contributed by atoms with Crippen molar-refractivity contribution in [2.24, 2.45) is 0 Å². The number of halogens is 1. The first-order valence-electron chi connectivity index (χ1n) is 3.49. The minimum Gasteiger partial charge on any atom is -0.359 e. The van der Waals surface area contributed by atoms with Crippen LogP contribution in [0.25, 0.3) is 0 Å². The van der Waals surface area contributed by atoms with E-state index in [2.05, 4.69) is 46.0 Å². The van der Waals surface area contributed by atoms with Gasteiger partial charge in [-0.25, -0.2) is 0 Å². The Bertz CT molecular complexity index is 317. The van der Waals surface area contributed by atoms with Crippen molar-refractivity contribution in [3.63, 3.8) is 0 Å². The van der Waals surface area contributed by atoms with E-state index >= 15 is 0 Å². The Labute approximate surface area is 74.2 Å². The maximum Gasteiger partial charge on any atom is 0.0429 e. The normalized spacial score (nSPS) is 14.5. The van der Waals surface area contributed by atoms with Gasteiger partial charge in [-0.2, -0.15) is 0 Å². The van der Waals surface area contributed by atoms with E-state index in [-0.39, 0.29) is 0 Å². The molecule has 0 saturated carbocycles. The van der Waals surface area contributed by atoms with E-state index in [0.717, 1.165) is 16.6 Å². The molecule has 0 bridgehead atoms. The van der Waals surface area contributed by atoms with E-state index in [1.165, 1.54) is 11.3 Å². The van der Waals surface area contributed by atoms with Gasteiger partial charge in [-0.15, -0.1) is 0 Å². The fourth-order valence-electron chi connectivity index (χ4n) is 1.28. The molecular formula is C9H8BrN. The van der Waals surface area contributed by atoms with Crippen LogP contribution in [0.5, 0.6) is 0 Å². The van der Waals surface area contributed by atoms with Gasteiger partial charge in [-0.05, 0) is 17.7 Å². The number of rotatable bonds is 0. The second kappa shape index (κ2) is 2.38. The number of benzene rings is 1. The molecule has 1 nitrogen and oxygen atoms in total.